The van der Waals surface area contributed by atoms with Gasteiger partial charge in [0.15, 0.2) is 0 Å². The summed E-state index contributed by atoms with van der Waals surface area (Å²) in [4.78, 5) is 12.1. The minimum atomic E-state index is -0.110. The van der Waals surface area contributed by atoms with Crippen molar-refractivity contribution in [2.75, 3.05) is 13.2 Å². The Morgan fingerprint density at radius 1 is 1.60 bits per heavy atom. The van der Waals surface area contributed by atoms with Crippen LogP contribution in [0.15, 0.2) is 4.47 Å². The van der Waals surface area contributed by atoms with Crippen molar-refractivity contribution in [1.82, 2.24) is 15.1 Å². The van der Waals surface area contributed by atoms with E-state index in [1.165, 1.54) is 0 Å². The van der Waals surface area contributed by atoms with Crippen LogP contribution in [0.2, 0.25) is 0 Å². The summed E-state index contributed by atoms with van der Waals surface area (Å²) in [5.74, 6) is -0.0505. The van der Waals surface area contributed by atoms with E-state index in [-0.39, 0.29) is 17.9 Å². The number of hydrogen-bond donors (Lipinski definition) is 1. The molecule has 1 amide bonds. The first-order valence-electron chi connectivity index (χ1n) is 7.08. The maximum Gasteiger partial charge on any atom is 0.224 e. The van der Waals surface area contributed by atoms with E-state index in [0.717, 1.165) is 35.3 Å². The van der Waals surface area contributed by atoms with Crippen LogP contribution in [0.25, 0.3) is 0 Å². The van der Waals surface area contributed by atoms with E-state index in [1.807, 2.05) is 25.5 Å². The van der Waals surface area contributed by atoms with Crippen molar-refractivity contribution in [2.24, 2.45) is 5.92 Å². The number of amides is 1. The first-order chi connectivity index (χ1) is 9.49. The number of nitrogens with one attached hydrogen (secondary N) is 1. The second kappa shape index (κ2) is 6.72. The highest BCUT2D eigenvalue weighted by atomic mass is 79.9. The Hall–Kier alpha value is -0.880. The van der Waals surface area contributed by atoms with Gasteiger partial charge in [0.05, 0.1) is 28.7 Å². The summed E-state index contributed by atoms with van der Waals surface area (Å²) in [6, 6.07) is 0. The summed E-state index contributed by atoms with van der Waals surface area (Å²) in [7, 11) is 0. The Morgan fingerprint density at radius 2 is 2.35 bits per heavy atom. The van der Waals surface area contributed by atoms with Crippen LogP contribution >= 0.6 is 15.9 Å². The van der Waals surface area contributed by atoms with Gasteiger partial charge in [-0.1, -0.05) is 6.92 Å². The molecule has 1 fully saturated rings. The first kappa shape index (κ1) is 15.5. The average molecular weight is 344 g/mol. The van der Waals surface area contributed by atoms with Crippen LogP contribution in [0.1, 0.15) is 31.2 Å². The highest BCUT2D eigenvalue weighted by Crippen LogP contribution is 2.20. The van der Waals surface area contributed by atoms with Gasteiger partial charge in [-0.15, -0.1) is 0 Å². The van der Waals surface area contributed by atoms with Crippen LogP contribution in [0.4, 0.5) is 0 Å². The molecule has 20 heavy (non-hydrogen) atoms. The van der Waals surface area contributed by atoms with Gasteiger partial charge in [0.25, 0.3) is 0 Å². The minimum absolute atomic E-state index is 0.0594. The van der Waals surface area contributed by atoms with Gasteiger partial charge in [-0.2, -0.15) is 5.10 Å². The molecule has 1 aromatic heterocycles. The highest BCUT2D eigenvalue weighted by molar-refractivity contribution is 9.10. The molecule has 1 saturated heterocycles. The maximum atomic E-state index is 12.1. The number of ether oxygens (including phenoxy) is 1. The smallest absolute Gasteiger partial charge is 0.224 e. The number of hydrogen-bond acceptors (Lipinski definition) is 3. The Bertz CT molecular complexity index is 481. The summed E-state index contributed by atoms with van der Waals surface area (Å²) in [5.41, 5.74) is 2.01. The summed E-state index contributed by atoms with van der Waals surface area (Å²) in [6.45, 7) is 7.90. The Morgan fingerprint density at radius 3 is 2.90 bits per heavy atom. The van der Waals surface area contributed by atoms with Crippen LogP contribution in [-0.4, -0.2) is 34.9 Å². The van der Waals surface area contributed by atoms with E-state index in [4.69, 9.17) is 4.74 Å². The van der Waals surface area contributed by atoms with Crippen LogP contribution in [0, 0.1) is 19.8 Å². The molecule has 0 bridgehead atoms. The molecule has 0 radical (unpaired) electrons. The minimum Gasteiger partial charge on any atom is -0.376 e. The standard InChI is InChI=1S/C14H22BrN3O2/c1-9(8-18-11(3)13(15)10(2)17-18)14(19)16-7-12-5-4-6-20-12/h9,12H,4-8H2,1-3H3,(H,16,19)/t9-,12-/m0/s1. The zero-order chi connectivity index (χ0) is 14.7. The quantitative estimate of drug-likeness (QED) is 0.891. The third-order valence-electron chi connectivity index (χ3n) is 3.72. The van der Waals surface area contributed by atoms with Crippen molar-refractivity contribution in [2.45, 2.75) is 46.3 Å². The normalized spacial score (nSPS) is 20.1. The third-order valence-corrected chi connectivity index (χ3v) is 4.86. The number of rotatable bonds is 5. The molecule has 2 rings (SSSR count). The third kappa shape index (κ3) is 3.61. The molecule has 2 atom stereocenters. The lowest BCUT2D eigenvalue weighted by Gasteiger charge is -2.15. The van der Waals surface area contributed by atoms with Gasteiger partial charge >= 0.3 is 0 Å². The molecule has 0 aliphatic carbocycles. The van der Waals surface area contributed by atoms with E-state index >= 15 is 0 Å². The van der Waals surface area contributed by atoms with Crippen LogP contribution < -0.4 is 5.32 Å². The topological polar surface area (TPSA) is 56.2 Å². The van der Waals surface area contributed by atoms with E-state index in [1.54, 1.807) is 0 Å². The summed E-state index contributed by atoms with van der Waals surface area (Å²) < 4.78 is 8.40. The fraction of sp³-hybridized carbons (Fsp3) is 0.714. The van der Waals surface area contributed by atoms with Gasteiger partial charge in [-0.25, -0.2) is 0 Å². The summed E-state index contributed by atoms with van der Waals surface area (Å²) in [5, 5.41) is 7.40. The van der Waals surface area contributed by atoms with E-state index < -0.39 is 0 Å². The molecular formula is C14H22BrN3O2. The van der Waals surface area contributed by atoms with Crippen molar-refractivity contribution in [3.63, 3.8) is 0 Å². The van der Waals surface area contributed by atoms with Crippen LogP contribution in [0.5, 0.6) is 0 Å². The largest absolute Gasteiger partial charge is 0.376 e. The van der Waals surface area contributed by atoms with Gasteiger partial charge < -0.3 is 10.1 Å². The number of carbonyl (C=O) groups is 1. The molecule has 0 spiro atoms. The van der Waals surface area contributed by atoms with Crippen molar-refractivity contribution in [3.05, 3.63) is 15.9 Å². The van der Waals surface area contributed by atoms with E-state index in [9.17, 15) is 4.79 Å². The Balaban J connectivity index is 1.85. The number of carbonyl (C=O) groups excluding carboxylic acids is 1. The second-order valence-corrected chi connectivity index (χ2v) is 6.24. The fourth-order valence-corrected chi connectivity index (χ4v) is 2.67. The summed E-state index contributed by atoms with van der Waals surface area (Å²) >= 11 is 3.50. The number of halogens is 1. The molecule has 0 aromatic carbocycles. The zero-order valence-electron chi connectivity index (χ0n) is 12.3. The maximum absolute atomic E-state index is 12.1. The van der Waals surface area contributed by atoms with Gasteiger partial charge in [-0.05, 0) is 42.6 Å². The lowest BCUT2D eigenvalue weighted by Crippen LogP contribution is -2.36. The predicted molar refractivity (Wildman–Crippen MR) is 80.5 cm³/mol. The Kier molecular flexibility index (Phi) is 5.21. The lowest BCUT2D eigenvalue weighted by atomic mass is 10.1. The van der Waals surface area contributed by atoms with Crippen LogP contribution in [-0.2, 0) is 16.1 Å². The zero-order valence-corrected chi connectivity index (χ0v) is 13.9. The molecule has 1 aromatic rings. The average Bonchev–Trinajstić information content (AvgIpc) is 3.02. The summed E-state index contributed by atoms with van der Waals surface area (Å²) in [6.07, 6.45) is 2.32. The molecule has 1 N–H and O–H groups in total. The van der Waals surface area contributed by atoms with Crippen molar-refractivity contribution in [1.29, 1.82) is 0 Å². The molecule has 5 nitrogen and oxygen atoms in total. The first-order valence-corrected chi connectivity index (χ1v) is 7.87. The van der Waals surface area contributed by atoms with Gasteiger partial charge in [0, 0.05) is 18.8 Å². The number of aryl methyl sites for hydroxylation is 1. The lowest BCUT2D eigenvalue weighted by molar-refractivity contribution is -0.125. The Labute approximate surface area is 128 Å². The van der Waals surface area contributed by atoms with E-state index in [0.29, 0.717) is 13.1 Å². The highest BCUT2D eigenvalue weighted by Gasteiger charge is 2.20. The second-order valence-electron chi connectivity index (χ2n) is 5.45. The molecule has 112 valence electrons. The van der Waals surface area contributed by atoms with Crippen molar-refractivity contribution < 1.29 is 9.53 Å². The van der Waals surface area contributed by atoms with Crippen molar-refractivity contribution >= 4 is 21.8 Å². The van der Waals surface area contributed by atoms with Gasteiger partial charge in [0.1, 0.15) is 0 Å². The monoisotopic (exact) mass is 343 g/mol. The molecule has 0 saturated carbocycles. The predicted octanol–water partition coefficient (Wildman–Crippen LogP) is 2.19. The SMILES string of the molecule is Cc1nn(C[C@H](C)C(=O)NC[C@@H]2CCCO2)c(C)c1Br. The number of nitrogens with zero attached hydrogens (tertiary/aromatic N) is 2. The molecule has 1 aliphatic rings. The molecule has 0 unspecified atom stereocenters. The fourth-order valence-electron chi connectivity index (χ4n) is 2.39. The molecular weight excluding hydrogens is 322 g/mol. The van der Waals surface area contributed by atoms with E-state index in [2.05, 4.69) is 26.3 Å². The van der Waals surface area contributed by atoms with Crippen molar-refractivity contribution in [3.8, 4) is 0 Å². The molecule has 2 heterocycles. The van der Waals surface area contributed by atoms with Crippen LogP contribution in [0.3, 0.4) is 0 Å². The number of aromatic nitrogens is 2. The van der Waals surface area contributed by atoms with Gasteiger partial charge in [-0.3, -0.25) is 9.48 Å². The molecule has 1 aliphatic heterocycles. The van der Waals surface area contributed by atoms with Gasteiger partial charge in [0.2, 0.25) is 5.91 Å². The molecule has 6 heteroatoms.